The number of ether oxygens (including phenoxy) is 2. The highest BCUT2D eigenvalue weighted by atomic mass is 16.6. The molecule has 1 fully saturated rings. The van der Waals surface area contributed by atoms with Crippen LogP contribution in [-0.2, 0) is 9.47 Å². The summed E-state index contributed by atoms with van der Waals surface area (Å²) in [6.45, 7) is 0.0848. The van der Waals surface area contributed by atoms with E-state index >= 15 is 0 Å². The fourth-order valence-corrected chi connectivity index (χ4v) is 5.10. The van der Waals surface area contributed by atoms with Crippen LogP contribution in [0, 0.1) is 0 Å². The van der Waals surface area contributed by atoms with Gasteiger partial charge in [-0.25, -0.2) is 4.79 Å². The number of benzene rings is 3. The van der Waals surface area contributed by atoms with Gasteiger partial charge in [0, 0.05) is 19.0 Å². The SMILES string of the molecule is O=C(O[C@@H]1C[C@@H](CN2C(=O)c3ccccc3C2=O)O[C@H](n2ccc3ccccc32)C1)c1ccccc1. The van der Waals surface area contributed by atoms with Crippen molar-refractivity contribution in [1.29, 1.82) is 0 Å². The normalized spacial score (nSPS) is 21.6. The van der Waals surface area contributed by atoms with E-state index in [4.69, 9.17) is 9.47 Å². The van der Waals surface area contributed by atoms with Crippen LogP contribution in [0.2, 0.25) is 0 Å². The molecule has 1 saturated heterocycles. The van der Waals surface area contributed by atoms with Crippen LogP contribution >= 0.6 is 0 Å². The lowest BCUT2D eigenvalue weighted by molar-refractivity contribution is -0.132. The molecule has 0 saturated carbocycles. The lowest BCUT2D eigenvalue weighted by Gasteiger charge is -2.37. The number of fused-ring (bicyclic) bond motifs is 2. The van der Waals surface area contributed by atoms with Crippen LogP contribution in [0.15, 0.2) is 91.1 Å². The second-order valence-electron chi connectivity index (χ2n) is 9.13. The summed E-state index contributed by atoms with van der Waals surface area (Å²) in [6, 6.07) is 25.7. The van der Waals surface area contributed by atoms with Gasteiger partial charge in [-0.05, 0) is 41.8 Å². The average Bonchev–Trinajstić information content (AvgIpc) is 3.45. The Hall–Kier alpha value is -4.23. The molecule has 2 aliphatic rings. The third-order valence-electron chi connectivity index (χ3n) is 6.83. The number of imide groups is 1. The first kappa shape index (κ1) is 22.2. The predicted octanol–water partition coefficient (Wildman–Crippen LogP) is 4.84. The molecule has 0 bridgehead atoms. The van der Waals surface area contributed by atoms with Crippen LogP contribution in [0.1, 0.15) is 50.1 Å². The highest BCUT2D eigenvalue weighted by molar-refractivity contribution is 6.21. The van der Waals surface area contributed by atoms with Gasteiger partial charge in [0.25, 0.3) is 11.8 Å². The monoisotopic (exact) mass is 480 g/mol. The van der Waals surface area contributed by atoms with E-state index in [-0.39, 0.29) is 18.4 Å². The molecule has 1 aromatic heterocycles. The fraction of sp³-hybridized carbons (Fsp3) is 0.207. The number of carbonyl (C=O) groups is 3. The van der Waals surface area contributed by atoms with Crippen LogP contribution < -0.4 is 0 Å². The van der Waals surface area contributed by atoms with E-state index in [9.17, 15) is 14.4 Å². The van der Waals surface area contributed by atoms with Crippen molar-refractivity contribution >= 4 is 28.7 Å². The third kappa shape index (κ3) is 3.97. The minimum atomic E-state index is -0.499. The lowest BCUT2D eigenvalue weighted by atomic mass is 10.0. The zero-order chi connectivity index (χ0) is 24.6. The highest BCUT2D eigenvalue weighted by Crippen LogP contribution is 2.34. The van der Waals surface area contributed by atoms with Crippen LogP contribution in [0.5, 0.6) is 0 Å². The minimum absolute atomic E-state index is 0.0848. The third-order valence-corrected chi connectivity index (χ3v) is 6.83. The number of nitrogens with zero attached hydrogens (tertiary/aromatic N) is 2. The predicted molar refractivity (Wildman–Crippen MR) is 133 cm³/mol. The van der Waals surface area contributed by atoms with E-state index in [1.807, 2.05) is 47.2 Å². The number of hydrogen-bond donors (Lipinski definition) is 0. The van der Waals surface area contributed by atoms with Gasteiger partial charge in [-0.3, -0.25) is 14.5 Å². The number of para-hydroxylation sites is 1. The van der Waals surface area contributed by atoms with Crippen molar-refractivity contribution in [3.63, 3.8) is 0 Å². The summed E-state index contributed by atoms with van der Waals surface area (Å²) < 4.78 is 14.4. The number of aromatic nitrogens is 1. The summed E-state index contributed by atoms with van der Waals surface area (Å²) >= 11 is 0. The molecule has 3 aromatic carbocycles. The molecular formula is C29H24N2O5. The molecule has 0 spiro atoms. The summed E-state index contributed by atoms with van der Waals surface area (Å²) in [5, 5.41) is 1.07. The lowest BCUT2D eigenvalue weighted by Crippen LogP contribution is -2.44. The molecule has 0 unspecified atom stereocenters. The zero-order valence-corrected chi connectivity index (χ0v) is 19.4. The Morgan fingerprint density at radius 3 is 2.25 bits per heavy atom. The van der Waals surface area contributed by atoms with Gasteiger partial charge in [0.15, 0.2) is 0 Å². The Balaban J connectivity index is 1.27. The van der Waals surface area contributed by atoms with Crippen LogP contribution in [-0.4, -0.2) is 46.0 Å². The quantitative estimate of drug-likeness (QED) is 0.302. The summed E-state index contributed by atoms with van der Waals surface area (Å²) in [5.41, 5.74) is 2.28. The first-order chi connectivity index (χ1) is 17.6. The second-order valence-corrected chi connectivity index (χ2v) is 9.13. The van der Waals surface area contributed by atoms with Crippen molar-refractivity contribution in [2.24, 2.45) is 0 Å². The molecule has 7 nitrogen and oxygen atoms in total. The standard InChI is InChI=1S/C29H24N2O5/c32-27-23-11-5-6-12-24(23)28(33)31(27)18-22-16-21(36-29(34)20-9-2-1-3-10-20)17-26(35-22)30-15-14-19-8-4-7-13-25(19)30/h1-15,21-22,26H,16-18H2/t21-,22+,26+/m1/s1. The largest absolute Gasteiger partial charge is 0.458 e. The summed E-state index contributed by atoms with van der Waals surface area (Å²) in [5.74, 6) is -1.06. The number of carbonyl (C=O) groups excluding carboxylic acids is 3. The maximum absolute atomic E-state index is 13.0. The zero-order valence-electron chi connectivity index (χ0n) is 19.4. The molecular weight excluding hydrogens is 456 g/mol. The summed E-state index contributed by atoms with van der Waals surface area (Å²) in [6.07, 6.45) is 1.42. The molecule has 2 amide bonds. The van der Waals surface area contributed by atoms with E-state index < -0.39 is 24.4 Å². The average molecular weight is 481 g/mol. The first-order valence-electron chi connectivity index (χ1n) is 12.0. The Morgan fingerprint density at radius 1 is 0.833 bits per heavy atom. The minimum Gasteiger partial charge on any atom is -0.458 e. The summed E-state index contributed by atoms with van der Waals surface area (Å²) in [7, 11) is 0. The number of rotatable bonds is 5. The van der Waals surface area contributed by atoms with Crippen LogP contribution in [0.4, 0.5) is 0 Å². The van der Waals surface area contributed by atoms with Gasteiger partial charge in [0.05, 0.1) is 34.9 Å². The molecule has 3 atom stereocenters. The number of esters is 1. The van der Waals surface area contributed by atoms with Crippen molar-refractivity contribution in [3.05, 3.63) is 108 Å². The van der Waals surface area contributed by atoms with E-state index in [1.165, 1.54) is 4.90 Å². The maximum Gasteiger partial charge on any atom is 0.338 e. The number of amides is 2. The molecule has 0 N–H and O–H groups in total. The molecule has 6 rings (SSSR count). The van der Waals surface area contributed by atoms with E-state index in [1.54, 1.807) is 48.5 Å². The van der Waals surface area contributed by atoms with E-state index in [2.05, 4.69) is 0 Å². The molecule has 7 heteroatoms. The highest BCUT2D eigenvalue weighted by Gasteiger charge is 2.40. The molecule has 0 aliphatic carbocycles. The fourth-order valence-electron chi connectivity index (χ4n) is 5.10. The Bertz CT molecular complexity index is 1430. The molecule has 4 aromatic rings. The van der Waals surface area contributed by atoms with Gasteiger partial charge < -0.3 is 14.0 Å². The topological polar surface area (TPSA) is 77.8 Å². The van der Waals surface area contributed by atoms with Crippen molar-refractivity contribution < 1.29 is 23.9 Å². The molecule has 0 radical (unpaired) electrons. The van der Waals surface area contributed by atoms with Gasteiger partial charge >= 0.3 is 5.97 Å². The van der Waals surface area contributed by atoms with Gasteiger partial charge in [-0.2, -0.15) is 0 Å². The molecule has 36 heavy (non-hydrogen) atoms. The van der Waals surface area contributed by atoms with E-state index in [0.29, 0.717) is 29.5 Å². The Kier molecular flexibility index (Phi) is 5.62. The smallest absolute Gasteiger partial charge is 0.338 e. The second kappa shape index (κ2) is 9.09. The molecule has 3 heterocycles. The Labute approximate surface area is 207 Å². The van der Waals surface area contributed by atoms with Crippen molar-refractivity contribution in [2.75, 3.05) is 6.54 Å². The van der Waals surface area contributed by atoms with Crippen molar-refractivity contribution in [2.45, 2.75) is 31.3 Å². The van der Waals surface area contributed by atoms with Gasteiger partial charge in [0.1, 0.15) is 12.3 Å². The molecule has 2 aliphatic heterocycles. The van der Waals surface area contributed by atoms with Crippen LogP contribution in [0.3, 0.4) is 0 Å². The van der Waals surface area contributed by atoms with Gasteiger partial charge in [-0.15, -0.1) is 0 Å². The first-order valence-corrected chi connectivity index (χ1v) is 12.0. The summed E-state index contributed by atoms with van der Waals surface area (Å²) in [4.78, 5) is 40.0. The van der Waals surface area contributed by atoms with Gasteiger partial charge in [-0.1, -0.05) is 48.5 Å². The molecule has 180 valence electrons. The van der Waals surface area contributed by atoms with Crippen LogP contribution in [0.25, 0.3) is 10.9 Å². The van der Waals surface area contributed by atoms with Crippen molar-refractivity contribution in [3.8, 4) is 0 Å². The van der Waals surface area contributed by atoms with E-state index in [0.717, 1.165) is 10.9 Å². The number of hydrogen-bond acceptors (Lipinski definition) is 5. The van der Waals surface area contributed by atoms with Gasteiger partial charge in [0.2, 0.25) is 0 Å². The van der Waals surface area contributed by atoms with Crippen molar-refractivity contribution in [1.82, 2.24) is 9.47 Å². The maximum atomic E-state index is 13.0. The Morgan fingerprint density at radius 2 is 1.50 bits per heavy atom.